The molecule has 5 aromatic rings. The molecular formula is C24H17F3N6. The number of rotatable bonds is 5. The van der Waals surface area contributed by atoms with Crippen molar-refractivity contribution in [3.8, 4) is 16.9 Å². The van der Waals surface area contributed by atoms with E-state index >= 15 is 0 Å². The Morgan fingerprint density at radius 1 is 0.818 bits per heavy atom. The zero-order valence-electron chi connectivity index (χ0n) is 17.1. The van der Waals surface area contributed by atoms with E-state index in [2.05, 4.69) is 20.4 Å². The van der Waals surface area contributed by atoms with Gasteiger partial charge in [-0.25, -0.2) is 22.8 Å². The van der Waals surface area contributed by atoms with Crippen molar-refractivity contribution in [2.24, 2.45) is 0 Å². The Kier molecular flexibility index (Phi) is 5.14. The highest BCUT2D eigenvalue weighted by atomic mass is 19.1. The molecule has 9 heteroatoms. The number of nitrogens with one attached hydrogen (secondary N) is 1. The molecule has 0 spiro atoms. The number of hydrogen-bond donors (Lipinski definition) is 2. The number of anilines is 2. The molecule has 2 aromatic heterocycles. The Labute approximate surface area is 186 Å². The standard InChI is InChI=1S/C24H17F3N6/c25-16-6-4-15(5-7-16)21-20-22(28)33(19-10-8-17(26)9-11-19)32-23(20)31-24(30-21)29-13-14-2-1-3-18(27)12-14/h1-12H,13,28H2,(H,29,31,32). The van der Waals surface area contributed by atoms with Crippen LogP contribution in [0.5, 0.6) is 0 Å². The van der Waals surface area contributed by atoms with Crippen LogP contribution in [0, 0.1) is 17.5 Å². The summed E-state index contributed by atoms with van der Waals surface area (Å²) in [4.78, 5) is 9.05. The molecule has 6 nitrogen and oxygen atoms in total. The average Bonchev–Trinajstić information content (AvgIpc) is 3.15. The number of hydrogen-bond acceptors (Lipinski definition) is 5. The summed E-state index contributed by atoms with van der Waals surface area (Å²) in [6, 6.07) is 17.7. The molecule has 0 unspecified atom stereocenters. The Morgan fingerprint density at radius 3 is 2.21 bits per heavy atom. The lowest BCUT2D eigenvalue weighted by molar-refractivity contribution is 0.625. The third-order valence-electron chi connectivity index (χ3n) is 5.10. The van der Waals surface area contributed by atoms with Crippen LogP contribution >= 0.6 is 0 Å². The molecule has 0 saturated heterocycles. The summed E-state index contributed by atoms with van der Waals surface area (Å²) in [5.41, 5.74) is 9.02. The summed E-state index contributed by atoms with van der Waals surface area (Å²) in [6.45, 7) is 0.278. The fourth-order valence-corrected chi connectivity index (χ4v) is 3.51. The number of fused-ring (bicyclic) bond motifs is 1. The Morgan fingerprint density at radius 2 is 1.52 bits per heavy atom. The Bertz CT molecular complexity index is 1450. The van der Waals surface area contributed by atoms with E-state index in [1.165, 1.54) is 41.1 Å². The van der Waals surface area contributed by atoms with Crippen molar-refractivity contribution in [3.05, 3.63) is 95.8 Å². The van der Waals surface area contributed by atoms with Gasteiger partial charge in [-0.1, -0.05) is 12.1 Å². The molecule has 0 aliphatic heterocycles. The number of halogens is 3. The summed E-state index contributed by atoms with van der Waals surface area (Å²) in [5.74, 6) is -0.612. The van der Waals surface area contributed by atoms with Crippen molar-refractivity contribution in [1.82, 2.24) is 19.7 Å². The maximum Gasteiger partial charge on any atom is 0.225 e. The van der Waals surface area contributed by atoms with Crippen LogP contribution in [0.3, 0.4) is 0 Å². The third-order valence-corrected chi connectivity index (χ3v) is 5.10. The lowest BCUT2D eigenvalue weighted by atomic mass is 10.1. The highest BCUT2D eigenvalue weighted by Gasteiger charge is 2.19. The zero-order chi connectivity index (χ0) is 22.9. The molecule has 0 radical (unpaired) electrons. The predicted octanol–water partition coefficient (Wildman–Crippen LogP) is 5.09. The lowest BCUT2D eigenvalue weighted by Crippen LogP contribution is -2.05. The van der Waals surface area contributed by atoms with E-state index in [-0.39, 0.29) is 35.8 Å². The Hall–Kier alpha value is -4.40. The molecule has 0 atom stereocenters. The smallest absolute Gasteiger partial charge is 0.225 e. The van der Waals surface area contributed by atoms with E-state index < -0.39 is 0 Å². The molecule has 0 aliphatic rings. The van der Waals surface area contributed by atoms with Gasteiger partial charge >= 0.3 is 0 Å². The van der Waals surface area contributed by atoms with E-state index in [1.807, 2.05) is 0 Å². The molecule has 3 N–H and O–H groups in total. The molecule has 5 rings (SSSR count). The number of nitrogens with two attached hydrogens (primary N) is 1. The number of nitrogens with zero attached hydrogens (tertiary/aromatic N) is 4. The van der Waals surface area contributed by atoms with Gasteiger partial charge < -0.3 is 11.1 Å². The van der Waals surface area contributed by atoms with Gasteiger partial charge in [0.1, 0.15) is 23.3 Å². The summed E-state index contributed by atoms with van der Waals surface area (Å²) in [6.07, 6.45) is 0. The molecule has 164 valence electrons. The first kappa shape index (κ1) is 20.5. The fraction of sp³-hybridized carbons (Fsp3) is 0.0417. The van der Waals surface area contributed by atoms with Gasteiger partial charge in [0, 0.05) is 12.1 Å². The molecule has 2 heterocycles. The van der Waals surface area contributed by atoms with Crippen molar-refractivity contribution in [2.75, 3.05) is 11.1 Å². The molecular weight excluding hydrogens is 429 g/mol. The van der Waals surface area contributed by atoms with Crippen molar-refractivity contribution in [2.45, 2.75) is 6.54 Å². The monoisotopic (exact) mass is 446 g/mol. The summed E-state index contributed by atoms with van der Waals surface area (Å²) >= 11 is 0. The normalized spacial score (nSPS) is 11.1. The molecule has 0 aliphatic carbocycles. The van der Waals surface area contributed by atoms with Crippen LogP contribution in [-0.2, 0) is 6.54 Å². The van der Waals surface area contributed by atoms with Crippen LogP contribution in [0.2, 0.25) is 0 Å². The van der Waals surface area contributed by atoms with E-state index in [0.29, 0.717) is 33.5 Å². The van der Waals surface area contributed by atoms with Crippen molar-refractivity contribution in [3.63, 3.8) is 0 Å². The van der Waals surface area contributed by atoms with Crippen molar-refractivity contribution >= 4 is 22.8 Å². The minimum atomic E-state index is -0.386. The van der Waals surface area contributed by atoms with Gasteiger partial charge in [-0.2, -0.15) is 4.98 Å². The fourth-order valence-electron chi connectivity index (χ4n) is 3.51. The van der Waals surface area contributed by atoms with Crippen LogP contribution in [0.25, 0.3) is 28.0 Å². The maximum atomic E-state index is 13.5. The molecule has 0 fully saturated rings. The quantitative estimate of drug-likeness (QED) is 0.393. The van der Waals surface area contributed by atoms with Gasteiger partial charge in [-0.3, -0.25) is 0 Å². The van der Waals surface area contributed by atoms with Crippen molar-refractivity contribution in [1.29, 1.82) is 0 Å². The van der Waals surface area contributed by atoms with Crippen molar-refractivity contribution < 1.29 is 13.2 Å². The van der Waals surface area contributed by atoms with Gasteiger partial charge in [-0.05, 0) is 66.2 Å². The average molecular weight is 446 g/mol. The second kappa shape index (κ2) is 8.27. The maximum absolute atomic E-state index is 13.5. The van der Waals surface area contributed by atoms with Gasteiger partial charge in [0.25, 0.3) is 0 Å². The van der Waals surface area contributed by atoms with Gasteiger partial charge in [0.15, 0.2) is 5.65 Å². The largest absolute Gasteiger partial charge is 0.383 e. The molecule has 3 aromatic carbocycles. The van der Waals surface area contributed by atoms with Crippen LogP contribution < -0.4 is 11.1 Å². The molecule has 0 bridgehead atoms. The first-order valence-electron chi connectivity index (χ1n) is 10.0. The minimum absolute atomic E-state index is 0.245. The van der Waals surface area contributed by atoms with Gasteiger partial charge in [0.2, 0.25) is 5.95 Å². The highest BCUT2D eigenvalue weighted by molar-refractivity contribution is 5.99. The Balaban J connectivity index is 1.63. The third kappa shape index (κ3) is 4.08. The van der Waals surface area contributed by atoms with Gasteiger partial charge in [-0.15, -0.1) is 5.10 Å². The zero-order valence-corrected chi connectivity index (χ0v) is 17.1. The van der Waals surface area contributed by atoms with Crippen LogP contribution in [0.4, 0.5) is 24.9 Å². The minimum Gasteiger partial charge on any atom is -0.383 e. The van der Waals surface area contributed by atoms with Crippen LogP contribution in [-0.4, -0.2) is 19.7 Å². The summed E-state index contributed by atoms with van der Waals surface area (Å²) in [5, 5.41) is 8.04. The number of benzene rings is 3. The lowest BCUT2D eigenvalue weighted by Gasteiger charge is -2.09. The van der Waals surface area contributed by atoms with E-state index in [4.69, 9.17) is 5.73 Å². The second-order valence-electron chi connectivity index (χ2n) is 7.36. The van der Waals surface area contributed by atoms with E-state index in [9.17, 15) is 13.2 Å². The number of aromatic nitrogens is 4. The van der Waals surface area contributed by atoms with E-state index in [1.54, 1.807) is 36.4 Å². The molecule has 0 saturated carbocycles. The van der Waals surface area contributed by atoms with E-state index in [0.717, 1.165) is 0 Å². The number of nitrogen functional groups attached to an aromatic ring is 1. The second-order valence-corrected chi connectivity index (χ2v) is 7.36. The van der Waals surface area contributed by atoms with Crippen LogP contribution in [0.1, 0.15) is 5.56 Å². The summed E-state index contributed by atoms with van der Waals surface area (Å²) in [7, 11) is 0. The molecule has 0 amide bonds. The first-order chi connectivity index (χ1) is 16.0. The van der Waals surface area contributed by atoms with Crippen LogP contribution in [0.15, 0.2) is 72.8 Å². The summed E-state index contributed by atoms with van der Waals surface area (Å²) < 4.78 is 41.9. The predicted molar refractivity (Wildman–Crippen MR) is 120 cm³/mol. The first-order valence-corrected chi connectivity index (χ1v) is 10.0. The highest BCUT2D eigenvalue weighted by Crippen LogP contribution is 2.33. The SMILES string of the molecule is Nc1c2c(-c3ccc(F)cc3)nc(NCc3cccc(F)c3)nc2nn1-c1ccc(F)cc1. The molecule has 33 heavy (non-hydrogen) atoms. The van der Waals surface area contributed by atoms with Gasteiger partial charge in [0.05, 0.1) is 16.8 Å². The topological polar surface area (TPSA) is 81.7 Å².